The fourth-order valence-electron chi connectivity index (χ4n) is 1.68. The van der Waals surface area contributed by atoms with Crippen molar-refractivity contribution in [2.45, 2.75) is 26.7 Å². The number of ether oxygens (including phenoxy) is 1. The Labute approximate surface area is 126 Å². The second kappa shape index (κ2) is 8.69. The molecule has 0 aliphatic rings. The van der Waals surface area contributed by atoms with E-state index in [1.165, 1.54) is 0 Å². The van der Waals surface area contributed by atoms with Gasteiger partial charge in [0, 0.05) is 18.1 Å². The van der Waals surface area contributed by atoms with E-state index in [0.29, 0.717) is 23.4 Å². The third-order valence-corrected chi connectivity index (χ3v) is 3.30. The monoisotopic (exact) mass is 297 g/mol. The summed E-state index contributed by atoms with van der Waals surface area (Å²) in [5, 5.41) is 3.81. The van der Waals surface area contributed by atoms with Crippen LogP contribution in [0.2, 0.25) is 5.02 Å². The zero-order chi connectivity index (χ0) is 15.0. The summed E-state index contributed by atoms with van der Waals surface area (Å²) in [5.74, 6) is 1.90. The van der Waals surface area contributed by atoms with Gasteiger partial charge < -0.3 is 15.8 Å². The van der Waals surface area contributed by atoms with Gasteiger partial charge in [-0.05, 0) is 36.5 Å². The highest BCUT2D eigenvalue weighted by molar-refractivity contribution is 6.31. The summed E-state index contributed by atoms with van der Waals surface area (Å²) in [7, 11) is 1.63. The van der Waals surface area contributed by atoms with Gasteiger partial charge in [-0.2, -0.15) is 0 Å². The average molecular weight is 298 g/mol. The van der Waals surface area contributed by atoms with Crippen molar-refractivity contribution in [3.63, 3.8) is 0 Å². The minimum atomic E-state index is 0.496. The zero-order valence-electron chi connectivity index (χ0n) is 12.4. The fourth-order valence-corrected chi connectivity index (χ4v) is 1.95. The van der Waals surface area contributed by atoms with Gasteiger partial charge in [0.25, 0.3) is 0 Å². The molecule has 0 aliphatic carbocycles. The third kappa shape index (κ3) is 6.15. The molecule has 0 aromatic heterocycles. The van der Waals surface area contributed by atoms with Gasteiger partial charge in [-0.3, -0.25) is 4.99 Å². The molecular formula is C15H24ClN3O. The van der Waals surface area contributed by atoms with Crippen molar-refractivity contribution in [3.05, 3.63) is 28.8 Å². The predicted octanol–water partition coefficient (Wildman–Crippen LogP) is 2.84. The van der Waals surface area contributed by atoms with Gasteiger partial charge in [0.2, 0.25) is 0 Å². The number of methoxy groups -OCH3 is 1. The molecule has 0 saturated heterocycles. The first kappa shape index (κ1) is 16.6. The van der Waals surface area contributed by atoms with Crippen molar-refractivity contribution in [3.8, 4) is 5.75 Å². The van der Waals surface area contributed by atoms with Crippen molar-refractivity contribution >= 4 is 17.6 Å². The largest absolute Gasteiger partial charge is 0.497 e. The highest BCUT2D eigenvalue weighted by Crippen LogP contribution is 2.22. The highest BCUT2D eigenvalue weighted by atomic mass is 35.5. The number of nitrogens with one attached hydrogen (secondary N) is 1. The molecule has 1 aromatic carbocycles. The Morgan fingerprint density at radius 1 is 1.45 bits per heavy atom. The van der Waals surface area contributed by atoms with Crippen molar-refractivity contribution in [2.24, 2.45) is 16.6 Å². The lowest BCUT2D eigenvalue weighted by Crippen LogP contribution is -2.33. The Morgan fingerprint density at radius 3 is 2.80 bits per heavy atom. The van der Waals surface area contributed by atoms with E-state index < -0.39 is 0 Å². The Morgan fingerprint density at radius 2 is 2.20 bits per heavy atom. The summed E-state index contributed by atoms with van der Waals surface area (Å²) in [6.45, 7) is 5.82. The quantitative estimate of drug-likeness (QED) is 0.601. The Kier molecular flexibility index (Phi) is 7.23. The molecule has 0 bridgehead atoms. The summed E-state index contributed by atoms with van der Waals surface area (Å²) in [6, 6.07) is 5.69. The van der Waals surface area contributed by atoms with Crippen LogP contribution in [0, 0.1) is 5.92 Å². The normalized spacial score (nSPS) is 11.8. The molecule has 3 N–H and O–H groups in total. The molecule has 1 aromatic rings. The number of nitrogens with zero attached hydrogens (tertiary/aromatic N) is 1. The van der Waals surface area contributed by atoms with Crippen LogP contribution in [0.5, 0.6) is 5.75 Å². The van der Waals surface area contributed by atoms with Crippen LogP contribution in [0.3, 0.4) is 0 Å². The van der Waals surface area contributed by atoms with Crippen molar-refractivity contribution in [1.29, 1.82) is 0 Å². The molecule has 20 heavy (non-hydrogen) atoms. The number of guanidine groups is 1. The molecule has 4 nitrogen and oxygen atoms in total. The van der Waals surface area contributed by atoms with Gasteiger partial charge >= 0.3 is 0 Å². The van der Waals surface area contributed by atoms with E-state index in [1.54, 1.807) is 7.11 Å². The minimum absolute atomic E-state index is 0.496. The third-order valence-electron chi connectivity index (χ3n) is 2.95. The van der Waals surface area contributed by atoms with Crippen molar-refractivity contribution in [2.75, 3.05) is 20.2 Å². The molecule has 0 fully saturated rings. The lowest BCUT2D eigenvalue weighted by atomic mass is 10.1. The smallest absolute Gasteiger partial charge is 0.188 e. The second-order valence-corrected chi connectivity index (χ2v) is 5.49. The van der Waals surface area contributed by atoms with Gasteiger partial charge in [0.1, 0.15) is 5.75 Å². The van der Waals surface area contributed by atoms with Crippen molar-refractivity contribution in [1.82, 2.24) is 5.32 Å². The average Bonchev–Trinajstić information content (AvgIpc) is 2.40. The van der Waals surface area contributed by atoms with E-state index in [2.05, 4.69) is 24.2 Å². The second-order valence-electron chi connectivity index (χ2n) is 5.08. The first-order valence-electron chi connectivity index (χ1n) is 6.89. The topological polar surface area (TPSA) is 59.6 Å². The molecule has 5 heteroatoms. The predicted molar refractivity (Wildman–Crippen MR) is 85.7 cm³/mol. The molecule has 0 aliphatic heterocycles. The summed E-state index contributed by atoms with van der Waals surface area (Å²) in [5.41, 5.74) is 6.86. The standard InChI is InChI=1S/C15H24ClN3O/c1-11(2)6-8-18-15(17)19-9-7-12-4-5-13(20-3)10-14(12)16/h4-5,10-11H,6-9H2,1-3H3,(H3,17,18,19). The minimum Gasteiger partial charge on any atom is -0.497 e. The van der Waals surface area contributed by atoms with Gasteiger partial charge in [-0.15, -0.1) is 0 Å². The SMILES string of the molecule is COc1ccc(CCNC(N)=NCCC(C)C)c(Cl)c1. The van der Waals surface area contributed by atoms with Crippen molar-refractivity contribution < 1.29 is 4.74 Å². The number of benzene rings is 1. The number of halogens is 1. The summed E-state index contributed by atoms with van der Waals surface area (Å²) in [6.07, 6.45) is 1.84. The molecule has 0 radical (unpaired) electrons. The summed E-state index contributed by atoms with van der Waals surface area (Å²) in [4.78, 5) is 4.28. The number of nitrogens with two attached hydrogens (primary N) is 1. The van der Waals surface area contributed by atoms with Gasteiger partial charge in [-0.1, -0.05) is 31.5 Å². The molecule has 0 saturated carbocycles. The number of hydrogen-bond acceptors (Lipinski definition) is 2. The maximum atomic E-state index is 6.17. The first-order chi connectivity index (χ1) is 9.52. The Hall–Kier alpha value is -1.42. The summed E-state index contributed by atoms with van der Waals surface area (Å²) < 4.78 is 5.12. The maximum absolute atomic E-state index is 6.17. The van der Waals surface area contributed by atoms with Gasteiger partial charge in [0.15, 0.2) is 5.96 Å². The van der Waals surface area contributed by atoms with E-state index in [-0.39, 0.29) is 0 Å². The van der Waals surface area contributed by atoms with E-state index >= 15 is 0 Å². The number of rotatable bonds is 7. The number of hydrogen-bond donors (Lipinski definition) is 2. The van der Waals surface area contributed by atoms with E-state index in [1.807, 2.05) is 18.2 Å². The van der Waals surface area contributed by atoms with E-state index in [9.17, 15) is 0 Å². The highest BCUT2D eigenvalue weighted by Gasteiger charge is 2.02. The molecule has 1 rings (SSSR count). The first-order valence-corrected chi connectivity index (χ1v) is 7.27. The Balaban J connectivity index is 2.36. The van der Waals surface area contributed by atoms with Crippen LogP contribution in [-0.2, 0) is 6.42 Å². The Bertz CT molecular complexity index is 447. The van der Waals surface area contributed by atoms with Crippen LogP contribution in [0.1, 0.15) is 25.8 Å². The molecular weight excluding hydrogens is 274 g/mol. The molecule has 0 amide bonds. The van der Waals surface area contributed by atoms with Crippen LogP contribution in [-0.4, -0.2) is 26.2 Å². The number of aliphatic imine (C=N–C) groups is 1. The molecule has 0 spiro atoms. The van der Waals surface area contributed by atoms with Crippen LogP contribution in [0.25, 0.3) is 0 Å². The van der Waals surface area contributed by atoms with E-state index in [0.717, 1.165) is 30.7 Å². The van der Waals surface area contributed by atoms with E-state index in [4.69, 9.17) is 22.1 Å². The lowest BCUT2D eigenvalue weighted by molar-refractivity contribution is 0.414. The summed E-state index contributed by atoms with van der Waals surface area (Å²) >= 11 is 6.17. The lowest BCUT2D eigenvalue weighted by Gasteiger charge is -2.09. The molecule has 0 unspecified atom stereocenters. The zero-order valence-corrected chi connectivity index (χ0v) is 13.2. The fraction of sp³-hybridized carbons (Fsp3) is 0.533. The van der Waals surface area contributed by atoms with Crippen LogP contribution in [0.4, 0.5) is 0 Å². The van der Waals surface area contributed by atoms with Crippen LogP contribution < -0.4 is 15.8 Å². The maximum Gasteiger partial charge on any atom is 0.188 e. The van der Waals surface area contributed by atoms with Gasteiger partial charge in [-0.25, -0.2) is 0 Å². The molecule has 112 valence electrons. The van der Waals surface area contributed by atoms with Crippen LogP contribution >= 0.6 is 11.6 Å². The van der Waals surface area contributed by atoms with Gasteiger partial charge in [0.05, 0.1) is 7.11 Å². The van der Waals surface area contributed by atoms with Crippen LogP contribution in [0.15, 0.2) is 23.2 Å². The molecule has 0 heterocycles. The molecule has 0 atom stereocenters.